The number of aliphatic hydroxyl groups is 1. The van der Waals surface area contributed by atoms with Crippen molar-refractivity contribution in [2.24, 2.45) is 0 Å². The Morgan fingerprint density at radius 1 is 1.20 bits per heavy atom. The molecule has 0 heterocycles. The number of aliphatic hydroxyl groups excluding tert-OH is 1. The summed E-state index contributed by atoms with van der Waals surface area (Å²) in [5.41, 5.74) is 1.55. The molecule has 0 aliphatic heterocycles. The second-order valence-corrected chi connectivity index (χ2v) is 10.0. The van der Waals surface area contributed by atoms with E-state index in [2.05, 4.69) is 10.6 Å². The number of aryl methyl sites for hydroxylation is 1. The van der Waals surface area contributed by atoms with Crippen LogP contribution >= 0.6 is 0 Å². The van der Waals surface area contributed by atoms with E-state index in [1.165, 1.54) is 0 Å². The van der Waals surface area contributed by atoms with Gasteiger partial charge in [0.25, 0.3) is 0 Å². The molecule has 1 fully saturated rings. The van der Waals surface area contributed by atoms with Gasteiger partial charge in [0.15, 0.2) is 0 Å². The fourth-order valence-corrected chi connectivity index (χ4v) is 4.26. The third-order valence-corrected chi connectivity index (χ3v) is 6.15. The summed E-state index contributed by atoms with van der Waals surface area (Å²) in [5, 5.41) is 24.9. The number of nitrogens with one attached hydrogen (secondary N) is 2. The molecule has 3 N–H and O–H groups in total. The maximum Gasteiger partial charge on any atom is 0.408 e. The van der Waals surface area contributed by atoms with Crippen molar-refractivity contribution < 1.29 is 24.2 Å². The maximum absolute atomic E-state index is 13.6. The summed E-state index contributed by atoms with van der Waals surface area (Å²) in [6.07, 6.45) is 4.00. The Morgan fingerprint density at radius 2 is 1.86 bits per heavy atom. The predicted molar refractivity (Wildman–Crippen MR) is 131 cm³/mol. The largest absolute Gasteiger partial charge is 0.444 e. The molecule has 0 saturated heterocycles. The molecule has 0 spiro atoms. The standard InChI is InChI=1S/C26H38N4O5/c1-17-10-9-13-20(18(17)2)22(23(32)28-19-11-7-6-8-12-19)30(15-14-27)24(33)21(16-31)29-25(34)35-26(3,4)5/h9-10,13,19,21-22,31H,6-8,11-12,15-16H2,1-5H3,(H,28,32)(H,29,34). The van der Waals surface area contributed by atoms with Crippen molar-refractivity contribution in [3.8, 4) is 6.07 Å². The number of carbonyl (C=O) groups excluding carboxylic acids is 3. The Kier molecular flexibility index (Phi) is 10.1. The van der Waals surface area contributed by atoms with Gasteiger partial charge in [-0.15, -0.1) is 0 Å². The van der Waals surface area contributed by atoms with Crippen LogP contribution in [0.1, 0.15) is 75.6 Å². The molecule has 1 saturated carbocycles. The average Bonchev–Trinajstić information content (AvgIpc) is 2.79. The number of rotatable bonds is 8. The molecule has 2 atom stereocenters. The molecule has 2 unspecified atom stereocenters. The minimum Gasteiger partial charge on any atom is -0.444 e. The van der Waals surface area contributed by atoms with E-state index in [1.54, 1.807) is 32.9 Å². The van der Waals surface area contributed by atoms with Gasteiger partial charge in [0.2, 0.25) is 11.8 Å². The first-order valence-electron chi connectivity index (χ1n) is 12.1. The van der Waals surface area contributed by atoms with E-state index in [4.69, 9.17) is 4.74 Å². The number of benzene rings is 1. The first-order valence-corrected chi connectivity index (χ1v) is 12.1. The number of alkyl carbamates (subject to hydrolysis) is 1. The highest BCUT2D eigenvalue weighted by Gasteiger charge is 2.37. The number of hydrogen-bond acceptors (Lipinski definition) is 6. The molecule has 0 radical (unpaired) electrons. The zero-order valence-corrected chi connectivity index (χ0v) is 21.4. The molecule has 0 bridgehead atoms. The molecule has 35 heavy (non-hydrogen) atoms. The number of amides is 3. The van der Waals surface area contributed by atoms with E-state index < -0.39 is 42.8 Å². The van der Waals surface area contributed by atoms with Crippen molar-refractivity contribution in [1.82, 2.24) is 15.5 Å². The second kappa shape index (κ2) is 12.5. The summed E-state index contributed by atoms with van der Waals surface area (Å²) in [7, 11) is 0. The molecule has 1 aromatic carbocycles. The molecular formula is C26H38N4O5. The third-order valence-electron chi connectivity index (χ3n) is 6.15. The van der Waals surface area contributed by atoms with E-state index in [-0.39, 0.29) is 11.9 Å². The number of hydrogen-bond donors (Lipinski definition) is 3. The highest BCUT2D eigenvalue weighted by Crippen LogP contribution is 2.28. The van der Waals surface area contributed by atoms with Gasteiger partial charge in [0, 0.05) is 6.04 Å². The zero-order chi connectivity index (χ0) is 26.2. The van der Waals surface area contributed by atoms with Gasteiger partial charge in [0.05, 0.1) is 12.7 Å². The van der Waals surface area contributed by atoms with Gasteiger partial charge in [-0.25, -0.2) is 4.79 Å². The molecule has 0 aromatic heterocycles. The Balaban J connectivity index is 2.42. The smallest absolute Gasteiger partial charge is 0.408 e. The van der Waals surface area contributed by atoms with Gasteiger partial charge in [-0.05, 0) is 64.2 Å². The lowest BCUT2D eigenvalue weighted by molar-refractivity contribution is -0.142. The van der Waals surface area contributed by atoms with Crippen molar-refractivity contribution in [2.75, 3.05) is 13.2 Å². The molecule has 9 heteroatoms. The summed E-state index contributed by atoms with van der Waals surface area (Å²) in [4.78, 5) is 40.6. The van der Waals surface area contributed by atoms with Crippen LogP contribution in [0.4, 0.5) is 4.79 Å². The van der Waals surface area contributed by atoms with E-state index in [0.29, 0.717) is 5.56 Å². The van der Waals surface area contributed by atoms with E-state index in [9.17, 15) is 24.8 Å². The van der Waals surface area contributed by atoms with E-state index >= 15 is 0 Å². The van der Waals surface area contributed by atoms with Crippen LogP contribution in [0.3, 0.4) is 0 Å². The normalized spacial score (nSPS) is 15.9. The van der Waals surface area contributed by atoms with Gasteiger partial charge >= 0.3 is 6.09 Å². The molecule has 2 rings (SSSR count). The van der Waals surface area contributed by atoms with Gasteiger partial charge in [-0.1, -0.05) is 37.5 Å². The van der Waals surface area contributed by atoms with Crippen LogP contribution in [0.25, 0.3) is 0 Å². The van der Waals surface area contributed by atoms with Crippen LogP contribution in [0.2, 0.25) is 0 Å². The van der Waals surface area contributed by atoms with E-state index in [0.717, 1.165) is 48.1 Å². The SMILES string of the molecule is Cc1cccc(C(C(=O)NC2CCCCC2)N(CC#N)C(=O)C(CO)NC(=O)OC(C)(C)C)c1C. The van der Waals surface area contributed by atoms with Crippen molar-refractivity contribution in [1.29, 1.82) is 5.26 Å². The Bertz CT molecular complexity index is 944. The zero-order valence-electron chi connectivity index (χ0n) is 21.4. The lowest BCUT2D eigenvalue weighted by atomic mass is 9.92. The van der Waals surface area contributed by atoms with Crippen LogP contribution in [0, 0.1) is 25.2 Å². The second-order valence-electron chi connectivity index (χ2n) is 10.0. The number of ether oxygens (including phenoxy) is 1. The number of nitriles is 1. The van der Waals surface area contributed by atoms with Crippen LogP contribution in [-0.2, 0) is 14.3 Å². The van der Waals surface area contributed by atoms with Gasteiger partial charge < -0.3 is 25.4 Å². The molecule has 9 nitrogen and oxygen atoms in total. The molecule has 3 amide bonds. The number of carbonyl (C=O) groups is 3. The highest BCUT2D eigenvalue weighted by molar-refractivity contribution is 5.92. The first-order chi connectivity index (χ1) is 16.5. The predicted octanol–water partition coefficient (Wildman–Crippen LogP) is 3.03. The lowest BCUT2D eigenvalue weighted by Crippen LogP contribution is -2.55. The average molecular weight is 487 g/mol. The number of nitrogens with zero attached hydrogens (tertiary/aromatic N) is 2. The fraction of sp³-hybridized carbons (Fsp3) is 0.615. The summed E-state index contributed by atoms with van der Waals surface area (Å²) in [5.74, 6) is -1.13. The van der Waals surface area contributed by atoms with Crippen LogP contribution < -0.4 is 10.6 Å². The summed E-state index contributed by atoms with van der Waals surface area (Å²) in [6.45, 7) is 7.68. The summed E-state index contributed by atoms with van der Waals surface area (Å²) in [6, 6.07) is 4.95. The fourth-order valence-electron chi connectivity index (χ4n) is 4.26. The quantitative estimate of drug-likeness (QED) is 0.484. The third kappa shape index (κ3) is 7.96. The topological polar surface area (TPSA) is 132 Å². The van der Waals surface area contributed by atoms with Gasteiger partial charge in [-0.2, -0.15) is 5.26 Å². The molecule has 1 aliphatic rings. The Labute approximate surface area is 207 Å². The van der Waals surface area contributed by atoms with Gasteiger partial charge in [-0.3, -0.25) is 9.59 Å². The van der Waals surface area contributed by atoms with Crippen molar-refractivity contribution in [3.63, 3.8) is 0 Å². The molecule has 1 aliphatic carbocycles. The lowest BCUT2D eigenvalue weighted by Gasteiger charge is -2.34. The van der Waals surface area contributed by atoms with Crippen LogP contribution in [0.15, 0.2) is 18.2 Å². The minimum atomic E-state index is -1.38. The van der Waals surface area contributed by atoms with Gasteiger partial charge in [0.1, 0.15) is 24.2 Å². The summed E-state index contributed by atoms with van der Waals surface area (Å²) >= 11 is 0. The van der Waals surface area contributed by atoms with E-state index in [1.807, 2.05) is 26.0 Å². The minimum absolute atomic E-state index is 0.00331. The Morgan fingerprint density at radius 3 is 2.43 bits per heavy atom. The molecule has 1 aromatic rings. The Hall–Kier alpha value is -3.12. The maximum atomic E-state index is 13.6. The first kappa shape index (κ1) is 28.1. The highest BCUT2D eigenvalue weighted by atomic mass is 16.6. The van der Waals surface area contributed by atoms with Crippen LogP contribution in [-0.4, -0.2) is 58.8 Å². The summed E-state index contributed by atoms with van der Waals surface area (Å²) < 4.78 is 5.21. The van der Waals surface area contributed by atoms with Crippen LogP contribution in [0.5, 0.6) is 0 Å². The molecular weight excluding hydrogens is 448 g/mol. The van der Waals surface area contributed by atoms with Crippen molar-refractivity contribution >= 4 is 17.9 Å². The monoisotopic (exact) mass is 486 g/mol. The molecule has 192 valence electrons. The van der Waals surface area contributed by atoms with Crippen molar-refractivity contribution in [2.45, 2.75) is 90.4 Å². The van der Waals surface area contributed by atoms with Crippen molar-refractivity contribution in [3.05, 3.63) is 34.9 Å².